The van der Waals surface area contributed by atoms with Crippen LogP contribution in [-0.2, 0) is 0 Å². The minimum atomic E-state index is 0.321. The van der Waals surface area contributed by atoms with Crippen molar-refractivity contribution >= 4 is 0 Å². The van der Waals surface area contributed by atoms with E-state index in [0.29, 0.717) is 11.6 Å². The number of nitrogens with zero attached hydrogens (tertiary/aromatic N) is 1. The van der Waals surface area contributed by atoms with Crippen molar-refractivity contribution in [1.29, 1.82) is 0 Å². The molecule has 0 bridgehead atoms. The molecule has 1 unspecified atom stereocenters. The van der Waals surface area contributed by atoms with Crippen LogP contribution in [0.5, 0.6) is 0 Å². The number of hydrogen-bond acceptors (Lipinski definition) is 2. The second-order valence-electron chi connectivity index (χ2n) is 5.60. The summed E-state index contributed by atoms with van der Waals surface area (Å²) in [4.78, 5) is 2.68. The van der Waals surface area contributed by atoms with Crippen LogP contribution in [0.4, 0.5) is 0 Å². The summed E-state index contributed by atoms with van der Waals surface area (Å²) in [6.07, 6.45) is 6.73. The third kappa shape index (κ3) is 3.46. The Balaban J connectivity index is 2.57. The molecule has 1 saturated heterocycles. The van der Waals surface area contributed by atoms with E-state index in [1.165, 1.54) is 45.2 Å². The molecule has 1 aliphatic heterocycles. The second kappa shape index (κ2) is 6.61. The van der Waals surface area contributed by atoms with Gasteiger partial charge in [-0.25, -0.2) is 0 Å². The number of nitrogens with one attached hydrogen (secondary N) is 1. The lowest BCUT2D eigenvalue weighted by molar-refractivity contribution is 0.102. The van der Waals surface area contributed by atoms with Crippen LogP contribution in [0.1, 0.15) is 59.8 Å². The zero-order valence-corrected chi connectivity index (χ0v) is 11.7. The predicted octanol–water partition coefficient (Wildman–Crippen LogP) is 3.03. The summed E-state index contributed by atoms with van der Waals surface area (Å²) in [5.41, 5.74) is 0.321. The van der Waals surface area contributed by atoms with E-state index in [2.05, 4.69) is 37.9 Å². The Morgan fingerprint density at radius 1 is 1.19 bits per heavy atom. The van der Waals surface area contributed by atoms with Crippen molar-refractivity contribution < 1.29 is 0 Å². The van der Waals surface area contributed by atoms with E-state index in [-0.39, 0.29) is 0 Å². The van der Waals surface area contributed by atoms with Gasteiger partial charge in [-0.3, -0.25) is 4.90 Å². The Labute approximate surface area is 102 Å². The fraction of sp³-hybridized carbons (Fsp3) is 1.00. The van der Waals surface area contributed by atoms with E-state index in [1.807, 2.05) is 0 Å². The van der Waals surface area contributed by atoms with Gasteiger partial charge in [-0.05, 0) is 52.7 Å². The molecule has 0 aromatic heterocycles. The van der Waals surface area contributed by atoms with Crippen LogP contribution in [0, 0.1) is 0 Å². The first-order chi connectivity index (χ1) is 7.62. The van der Waals surface area contributed by atoms with Crippen LogP contribution in [0.2, 0.25) is 0 Å². The Morgan fingerprint density at radius 3 is 2.31 bits per heavy atom. The highest BCUT2D eigenvalue weighted by Gasteiger charge is 2.35. The summed E-state index contributed by atoms with van der Waals surface area (Å²) >= 11 is 0. The van der Waals surface area contributed by atoms with Crippen molar-refractivity contribution in [2.24, 2.45) is 0 Å². The maximum Gasteiger partial charge on any atom is 0.0306 e. The van der Waals surface area contributed by atoms with Gasteiger partial charge in [0.2, 0.25) is 0 Å². The number of hydrogen-bond donors (Lipinski definition) is 1. The van der Waals surface area contributed by atoms with E-state index in [4.69, 9.17) is 0 Å². The van der Waals surface area contributed by atoms with E-state index in [9.17, 15) is 0 Å². The number of unbranched alkanes of at least 4 members (excludes halogenated alkanes) is 1. The zero-order chi connectivity index (χ0) is 12.0. The molecule has 1 rings (SSSR count). The van der Waals surface area contributed by atoms with E-state index >= 15 is 0 Å². The molecule has 2 heteroatoms. The van der Waals surface area contributed by atoms with Gasteiger partial charge in [-0.1, -0.05) is 26.7 Å². The molecule has 0 radical (unpaired) electrons. The molecule has 1 N–H and O–H groups in total. The zero-order valence-electron chi connectivity index (χ0n) is 11.7. The third-order valence-electron chi connectivity index (χ3n) is 4.07. The van der Waals surface area contributed by atoms with Gasteiger partial charge in [0.05, 0.1) is 0 Å². The minimum Gasteiger partial charge on any atom is -0.312 e. The third-order valence-corrected chi connectivity index (χ3v) is 4.07. The molecule has 96 valence electrons. The molecule has 1 aliphatic rings. The van der Waals surface area contributed by atoms with E-state index < -0.39 is 0 Å². The Bertz CT molecular complexity index is 183. The van der Waals surface area contributed by atoms with Gasteiger partial charge in [0.1, 0.15) is 0 Å². The standard InChI is InChI=1S/C14H30N2/c1-5-7-10-13(15-6-2)14(3,4)16-11-8-9-12-16/h13,15H,5-12H2,1-4H3. The lowest BCUT2D eigenvalue weighted by Gasteiger charge is -2.42. The fourth-order valence-corrected chi connectivity index (χ4v) is 2.87. The van der Waals surface area contributed by atoms with Crippen molar-refractivity contribution in [1.82, 2.24) is 10.2 Å². The van der Waals surface area contributed by atoms with Crippen molar-refractivity contribution in [2.45, 2.75) is 71.4 Å². The van der Waals surface area contributed by atoms with Crippen LogP contribution < -0.4 is 5.32 Å². The summed E-state index contributed by atoms with van der Waals surface area (Å²) < 4.78 is 0. The number of likely N-dealkylation sites (N-methyl/N-ethyl adjacent to an activating group) is 1. The first-order valence-electron chi connectivity index (χ1n) is 7.11. The molecule has 1 heterocycles. The van der Waals surface area contributed by atoms with Gasteiger partial charge in [0.25, 0.3) is 0 Å². The topological polar surface area (TPSA) is 15.3 Å². The molecule has 16 heavy (non-hydrogen) atoms. The number of likely N-dealkylation sites (tertiary alicyclic amines) is 1. The van der Waals surface area contributed by atoms with Gasteiger partial charge in [-0.15, -0.1) is 0 Å². The lowest BCUT2D eigenvalue weighted by Crippen LogP contribution is -2.56. The van der Waals surface area contributed by atoms with Crippen molar-refractivity contribution in [3.63, 3.8) is 0 Å². The lowest BCUT2D eigenvalue weighted by atomic mass is 9.88. The summed E-state index contributed by atoms with van der Waals surface area (Å²) in [5, 5.41) is 3.69. The highest BCUT2D eigenvalue weighted by Crippen LogP contribution is 2.26. The molecule has 1 fully saturated rings. The summed E-state index contributed by atoms with van der Waals surface area (Å²) in [6, 6.07) is 0.649. The fourth-order valence-electron chi connectivity index (χ4n) is 2.87. The highest BCUT2D eigenvalue weighted by atomic mass is 15.2. The molecule has 0 aliphatic carbocycles. The predicted molar refractivity (Wildman–Crippen MR) is 71.9 cm³/mol. The van der Waals surface area contributed by atoms with E-state index in [0.717, 1.165) is 6.54 Å². The second-order valence-corrected chi connectivity index (χ2v) is 5.60. The van der Waals surface area contributed by atoms with Gasteiger partial charge in [0, 0.05) is 11.6 Å². The largest absolute Gasteiger partial charge is 0.312 e. The summed E-state index contributed by atoms with van der Waals surface area (Å²) in [6.45, 7) is 13.0. The molecule has 0 saturated carbocycles. The van der Waals surface area contributed by atoms with Gasteiger partial charge >= 0.3 is 0 Å². The Hall–Kier alpha value is -0.0800. The molecule has 0 amide bonds. The molecule has 0 aromatic carbocycles. The van der Waals surface area contributed by atoms with Gasteiger partial charge < -0.3 is 5.32 Å². The quantitative estimate of drug-likeness (QED) is 0.718. The molecule has 2 nitrogen and oxygen atoms in total. The van der Waals surface area contributed by atoms with Crippen LogP contribution in [0.3, 0.4) is 0 Å². The SMILES string of the molecule is CCCCC(NCC)C(C)(C)N1CCCC1. The van der Waals surface area contributed by atoms with Crippen molar-refractivity contribution in [3.8, 4) is 0 Å². The summed E-state index contributed by atoms with van der Waals surface area (Å²) in [5.74, 6) is 0. The molecule has 1 atom stereocenters. The average Bonchev–Trinajstić information content (AvgIpc) is 2.77. The Morgan fingerprint density at radius 2 is 1.81 bits per heavy atom. The average molecular weight is 226 g/mol. The highest BCUT2D eigenvalue weighted by molar-refractivity contribution is 4.94. The van der Waals surface area contributed by atoms with Crippen molar-refractivity contribution in [2.75, 3.05) is 19.6 Å². The maximum absolute atomic E-state index is 3.69. The molecular formula is C14H30N2. The van der Waals surface area contributed by atoms with E-state index in [1.54, 1.807) is 0 Å². The number of rotatable bonds is 7. The van der Waals surface area contributed by atoms with Crippen LogP contribution in [-0.4, -0.2) is 36.1 Å². The minimum absolute atomic E-state index is 0.321. The smallest absolute Gasteiger partial charge is 0.0306 e. The van der Waals surface area contributed by atoms with Crippen LogP contribution in [0.25, 0.3) is 0 Å². The monoisotopic (exact) mass is 226 g/mol. The molecule has 0 spiro atoms. The molecule has 0 aromatic rings. The first kappa shape index (κ1) is 14.0. The normalized spacial score (nSPS) is 20.2. The van der Waals surface area contributed by atoms with Crippen molar-refractivity contribution in [3.05, 3.63) is 0 Å². The van der Waals surface area contributed by atoms with Crippen LogP contribution in [0.15, 0.2) is 0 Å². The maximum atomic E-state index is 3.69. The van der Waals surface area contributed by atoms with Crippen LogP contribution >= 0.6 is 0 Å². The molecular weight excluding hydrogens is 196 g/mol. The van der Waals surface area contributed by atoms with Gasteiger partial charge in [0.15, 0.2) is 0 Å². The summed E-state index contributed by atoms with van der Waals surface area (Å²) in [7, 11) is 0. The van der Waals surface area contributed by atoms with Gasteiger partial charge in [-0.2, -0.15) is 0 Å². The Kier molecular flexibility index (Phi) is 5.77. The first-order valence-corrected chi connectivity index (χ1v) is 7.11.